The van der Waals surface area contributed by atoms with Crippen LogP contribution in [0.25, 0.3) is 0 Å². The Morgan fingerprint density at radius 2 is 1.92 bits per heavy atom. The van der Waals surface area contributed by atoms with E-state index in [1.807, 2.05) is 0 Å². The summed E-state index contributed by atoms with van der Waals surface area (Å²) in [6.45, 7) is 4.29. The SMILES string of the molecule is CCCCCC(=O)OC(=O)NCC. The molecule has 76 valence electrons. The Morgan fingerprint density at radius 1 is 1.23 bits per heavy atom. The van der Waals surface area contributed by atoms with Gasteiger partial charge in [0.25, 0.3) is 0 Å². The van der Waals surface area contributed by atoms with Crippen LogP contribution in [-0.4, -0.2) is 18.6 Å². The number of esters is 1. The van der Waals surface area contributed by atoms with Gasteiger partial charge < -0.3 is 10.1 Å². The van der Waals surface area contributed by atoms with Crippen molar-refractivity contribution in [1.82, 2.24) is 5.32 Å². The van der Waals surface area contributed by atoms with Gasteiger partial charge in [-0.3, -0.25) is 4.79 Å². The van der Waals surface area contributed by atoms with Crippen molar-refractivity contribution in [3.05, 3.63) is 0 Å². The lowest BCUT2D eigenvalue weighted by Gasteiger charge is -2.02. The molecular formula is C9H17NO3. The number of rotatable bonds is 5. The Kier molecular flexibility index (Phi) is 6.96. The van der Waals surface area contributed by atoms with E-state index in [1.165, 1.54) is 0 Å². The Morgan fingerprint density at radius 3 is 2.46 bits per heavy atom. The summed E-state index contributed by atoms with van der Waals surface area (Å²) in [5.41, 5.74) is 0. The highest BCUT2D eigenvalue weighted by Crippen LogP contribution is 2.00. The third-order valence-corrected chi connectivity index (χ3v) is 1.51. The van der Waals surface area contributed by atoms with Gasteiger partial charge in [-0.2, -0.15) is 0 Å². The zero-order valence-electron chi connectivity index (χ0n) is 8.26. The minimum atomic E-state index is -0.649. The lowest BCUT2D eigenvalue weighted by atomic mass is 10.2. The molecule has 1 N–H and O–H groups in total. The molecule has 0 saturated heterocycles. The van der Waals surface area contributed by atoms with Gasteiger partial charge in [0.2, 0.25) is 0 Å². The molecule has 0 aliphatic rings. The fourth-order valence-electron chi connectivity index (χ4n) is 0.854. The molecule has 0 spiro atoms. The fraction of sp³-hybridized carbons (Fsp3) is 0.778. The molecule has 0 saturated carbocycles. The average molecular weight is 187 g/mol. The van der Waals surface area contributed by atoms with Crippen molar-refractivity contribution >= 4 is 12.1 Å². The van der Waals surface area contributed by atoms with Crippen LogP contribution in [0.5, 0.6) is 0 Å². The molecular weight excluding hydrogens is 170 g/mol. The first-order valence-corrected chi connectivity index (χ1v) is 4.69. The first-order chi connectivity index (χ1) is 6.20. The van der Waals surface area contributed by atoms with Crippen molar-refractivity contribution < 1.29 is 14.3 Å². The Balaban J connectivity index is 3.44. The maximum Gasteiger partial charge on any atom is 0.414 e. The van der Waals surface area contributed by atoms with Crippen LogP contribution in [0.1, 0.15) is 39.5 Å². The summed E-state index contributed by atoms with van der Waals surface area (Å²) in [7, 11) is 0. The van der Waals surface area contributed by atoms with Crippen LogP contribution < -0.4 is 5.32 Å². The van der Waals surface area contributed by atoms with E-state index >= 15 is 0 Å². The second-order valence-corrected chi connectivity index (χ2v) is 2.75. The Hall–Kier alpha value is -1.06. The summed E-state index contributed by atoms with van der Waals surface area (Å²) in [5, 5.41) is 2.38. The molecule has 4 nitrogen and oxygen atoms in total. The van der Waals surface area contributed by atoms with Crippen molar-refractivity contribution in [1.29, 1.82) is 0 Å². The molecule has 13 heavy (non-hydrogen) atoms. The molecule has 0 bridgehead atoms. The number of amides is 1. The normalized spacial score (nSPS) is 9.38. The summed E-state index contributed by atoms with van der Waals surface area (Å²) in [5.74, 6) is -0.445. The largest absolute Gasteiger partial charge is 0.414 e. The van der Waals surface area contributed by atoms with Gasteiger partial charge >= 0.3 is 12.1 Å². The number of carbonyl (C=O) groups excluding carboxylic acids is 2. The molecule has 0 aromatic rings. The highest BCUT2D eigenvalue weighted by molar-refractivity contribution is 5.84. The van der Waals surface area contributed by atoms with E-state index in [1.54, 1.807) is 6.92 Å². The van der Waals surface area contributed by atoms with Gasteiger partial charge in [0, 0.05) is 13.0 Å². The fourth-order valence-corrected chi connectivity index (χ4v) is 0.854. The summed E-state index contributed by atoms with van der Waals surface area (Å²) in [6, 6.07) is 0. The number of unbranched alkanes of at least 4 members (excludes halogenated alkanes) is 2. The Labute approximate surface area is 78.6 Å². The van der Waals surface area contributed by atoms with Gasteiger partial charge in [0.1, 0.15) is 0 Å². The van der Waals surface area contributed by atoms with Crippen molar-refractivity contribution in [2.24, 2.45) is 0 Å². The maximum atomic E-state index is 10.9. The molecule has 0 aliphatic carbocycles. The maximum absolute atomic E-state index is 10.9. The second kappa shape index (κ2) is 7.58. The van der Waals surface area contributed by atoms with Crippen LogP contribution >= 0.6 is 0 Å². The van der Waals surface area contributed by atoms with Crippen LogP contribution in [-0.2, 0) is 9.53 Å². The number of hydrogen-bond acceptors (Lipinski definition) is 3. The minimum absolute atomic E-state index is 0.324. The number of hydrogen-bond donors (Lipinski definition) is 1. The number of carbonyl (C=O) groups is 2. The first-order valence-electron chi connectivity index (χ1n) is 4.69. The molecule has 0 aromatic heterocycles. The molecule has 0 radical (unpaired) electrons. The van der Waals surface area contributed by atoms with Gasteiger partial charge in [0.05, 0.1) is 0 Å². The standard InChI is InChI=1S/C9H17NO3/c1-3-5-6-7-8(11)13-9(12)10-4-2/h3-7H2,1-2H3,(H,10,12). The Bertz CT molecular complexity index is 168. The smallest absolute Gasteiger partial charge is 0.376 e. The predicted molar refractivity (Wildman–Crippen MR) is 49.3 cm³/mol. The van der Waals surface area contributed by atoms with Crippen LogP contribution in [0.3, 0.4) is 0 Å². The quantitative estimate of drug-likeness (QED) is 0.406. The van der Waals surface area contributed by atoms with Gasteiger partial charge in [0.15, 0.2) is 0 Å². The van der Waals surface area contributed by atoms with Crippen LogP contribution in [0.15, 0.2) is 0 Å². The number of alkyl carbamates (subject to hydrolysis) is 1. The van der Waals surface area contributed by atoms with E-state index in [0.29, 0.717) is 13.0 Å². The first kappa shape index (κ1) is 11.9. The lowest BCUT2D eigenvalue weighted by molar-refractivity contribution is -0.137. The van der Waals surface area contributed by atoms with Crippen molar-refractivity contribution in [3.8, 4) is 0 Å². The van der Waals surface area contributed by atoms with Gasteiger partial charge in [-0.05, 0) is 13.3 Å². The van der Waals surface area contributed by atoms with E-state index in [-0.39, 0.29) is 0 Å². The van der Waals surface area contributed by atoms with Crippen molar-refractivity contribution in [2.75, 3.05) is 6.54 Å². The second-order valence-electron chi connectivity index (χ2n) is 2.75. The van der Waals surface area contributed by atoms with Crippen LogP contribution in [0.4, 0.5) is 4.79 Å². The summed E-state index contributed by atoms with van der Waals surface area (Å²) >= 11 is 0. The summed E-state index contributed by atoms with van der Waals surface area (Å²) in [4.78, 5) is 21.7. The van der Waals surface area contributed by atoms with E-state index in [4.69, 9.17) is 0 Å². The van der Waals surface area contributed by atoms with E-state index in [2.05, 4.69) is 17.0 Å². The molecule has 0 rings (SSSR count). The summed E-state index contributed by atoms with van der Waals surface area (Å²) < 4.78 is 4.45. The molecule has 0 unspecified atom stereocenters. The third-order valence-electron chi connectivity index (χ3n) is 1.51. The minimum Gasteiger partial charge on any atom is -0.376 e. The molecule has 0 aromatic carbocycles. The van der Waals surface area contributed by atoms with E-state index in [9.17, 15) is 9.59 Å². The van der Waals surface area contributed by atoms with Crippen LogP contribution in [0.2, 0.25) is 0 Å². The number of ether oxygens (including phenoxy) is 1. The molecule has 0 heterocycles. The van der Waals surface area contributed by atoms with Crippen molar-refractivity contribution in [2.45, 2.75) is 39.5 Å². The lowest BCUT2D eigenvalue weighted by Crippen LogP contribution is -2.26. The molecule has 0 fully saturated rings. The van der Waals surface area contributed by atoms with Gasteiger partial charge in [-0.25, -0.2) is 4.79 Å². The van der Waals surface area contributed by atoms with Gasteiger partial charge in [-0.1, -0.05) is 19.8 Å². The monoisotopic (exact) mass is 187 g/mol. The van der Waals surface area contributed by atoms with Crippen LogP contribution in [0, 0.1) is 0 Å². The van der Waals surface area contributed by atoms with E-state index in [0.717, 1.165) is 19.3 Å². The zero-order valence-corrected chi connectivity index (χ0v) is 8.26. The van der Waals surface area contributed by atoms with Gasteiger partial charge in [-0.15, -0.1) is 0 Å². The molecule has 0 atom stereocenters. The molecule has 0 aliphatic heterocycles. The van der Waals surface area contributed by atoms with Crippen molar-refractivity contribution in [3.63, 3.8) is 0 Å². The highest BCUT2D eigenvalue weighted by Gasteiger charge is 2.07. The average Bonchev–Trinajstić information content (AvgIpc) is 2.05. The predicted octanol–water partition coefficient (Wildman–Crippen LogP) is 1.84. The topological polar surface area (TPSA) is 55.4 Å². The van der Waals surface area contributed by atoms with E-state index < -0.39 is 12.1 Å². The molecule has 1 amide bonds. The third kappa shape index (κ3) is 7.31. The summed E-state index contributed by atoms with van der Waals surface area (Å²) in [6.07, 6.45) is 2.50. The zero-order chi connectivity index (χ0) is 10.1. The molecule has 4 heteroatoms. The number of nitrogens with one attached hydrogen (secondary N) is 1. The highest BCUT2D eigenvalue weighted by atomic mass is 16.6.